The van der Waals surface area contributed by atoms with Gasteiger partial charge in [-0.05, 0) is 49.9 Å². The molecule has 1 saturated carbocycles. The number of piperidine rings is 1. The number of hydrogen-bond acceptors (Lipinski definition) is 4. The lowest BCUT2D eigenvalue weighted by atomic mass is 10.0. The van der Waals surface area contributed by atoms with Crippen molar-refractivity contribution in [3.63, 3.8) is 0 Å². The molecule has 0 amide bonds. The fourth-order valence-electron chi connectivity index (χ4n) is 3.78. The summed E-state index contributed by atoms with van der Waals surface area (Å²) in [6.07, 6.45) is 6.68. The Bertz CT molecular complexity index is 783. The van der Waals surface area contributed by atoms with Crippen molar-refractivity contribution in [3.05, 3.63) is 60.4 Å². The second-order valence-electron chi connectivity index (χ2n) is 8.04. The molecule has 0 unspecified atom stereocenters. The first-order valence-electron chi connectivity index (χ1n) is 10.6. The number of benzene rings is 1. The molecule has 154 valence electrons. The second kappa shape index (κ2) is 9.63. The van der Waals surface area contributed by atoms with Gasteiger partial charge in [-0.3, -0.25) is 14.9 Å². The Morgan fingerprint density at radius 2 is 1.90 bits per heavy atom. The number of aromatic nitrogens is 1. The summed E-state index contributed by atoms with van der Waals surface area (Å²) >= 11 is 2.00. The summed E-state index contributed by atoms with van der Waals surface area (Å²) in [6, 6.07) is 17.4. The van der Waals surface area contributed by atoms with Crippen LogP contribution in [0.3, 0.4) is 0 Å². The highest BCUT2D eigenvalue weighted by molar-refractivity contribution is 8.01. The van der Waals surface area contributed by atoms with Gasteiger partial charge in [-0.1, -0.05) is 24.3 Å². The van der Waals surface area contributed by atoms with Crippen molar-refractivity contribution >= 4 is 17.7 Å². The van der Waals surface area contributed by atoms with Crippen LogP contribution in [0, 0.1) is 0 Å². The molecule has 2 aliphatic rings. The fraction of sp³-hybridized carbons (Fsp3) is 0.478. The van der Waals surface area contributed by atoms with Gasteiger partial charge in [-0.2, -0.15) is 0 Å². The van der Waals surface area contributed by atoms with E-state index in [0.29, 0.717) is 10.8 Å². The summed E-state index contributed by atoms with van der Waals surface area (Å²) in [5, 5.41) is 7.23. The van der Waals surface area contributed by atoms with E-state index in [-0.39, 0.29) is 0 Å². The van der Waals surface area contributed by atoms with Gasteiger partial charge in [0.25, 0.3) is 0 Å². The van der Waals surface area contributed by atoms with Gasteiger partial charge >= 0.3 is 0 Å². The molecule has 0 radical (unpaired) electrons. The van der Waals surface area contributed by atoms with Crippen molar-refractivity contribution < 1.29 is 0 Å². The van der Waals surface area contributed by atoms with E-state index in [2.05, 4.69) is 68.0 Å². The average molecular weight is 410 g/mol. The van der Waals surface area contributed by atoms with Gasteiger partial charge in [0, 0.05) is 55.1 Å². The highest BCUT2D eigenvalue weighted by Crippen LogP contribution is 2.51. The minimum atomic E-state index is 0.324. The number of pyridine rings is 1. The third-order valence-corrected chi connectivity index (χ3v) is 7.22. The normalized spacial score (nSPS) is 19.7. The van der Waals surface area contributed by atoms with E-state index in [1.54, 1.807) is 0 Å². The standard InChI is InChI=1S/C23H31N5S/c1-24-22(26-18-23(12-13-23)29-21-8-3-2-4-9-21)27-19-10-15-28(16-11-19)17-20-7-5-6-14-25-20/h2-9,14,19H,10-13,15-18H2,1H3,(H2,24,26,27). The third kappa shape index (κ3) is 5.97. The van der Waals surface area contributed by atoms with Crippen molar-refractivity contribution in [1.82, 2.24) is 20.5 Å². The molecule has 1 aromatic carbocycles. The molecule has 4 rings (SSSR count). The maximum Gasteiger partial charge on any atom is 0.191 e. The van der Waals surface area contributed by atoms with Crippen molar-refractivity contribution in [1.29, 1.82) is 0 Å². The first kappa shape index (κ1) is 20.2. The van der Waals surface area contributed by atoms with Crippen LogP contribution in [-0.4, -0.2) is 53.3 Å². The summed E-state index contributed by atoms with van der Waals surface area (Å²) < 4.78 is 0.324. The van der Waals surface area contributed by atoms with Crippen molar-refractivity contribution in [2.24, 2.45) is 4.99 Å². The summed E-state index contributed by atoms with van der Waals surface area (Å²) in [7, 11) is 1.87. The summed E-state index contributed by atoms with van der Waals surface area (Å²) in [5.41, 5.74) is 1.15. The van der Waals surface area contributed by atoms with Gasteiger partial charge in [0.15, 0.2) is 5.96 Å². The Morgan fingerprint density at radius 3 is 2.55 bits per heavy atom. The van der Waals surface area contributed by atoms with E-state index in [1.165, 1.54) is 17.7 Å². The third-order valence-electron chi connectivity index (χ3n) is 5.73. The van der Waals surface area contributed by atoms with Crippen molar-refractivity contribution in [3.8, 4) is 0 Å². The minimum Gasteiger partial charge on any atom is -0.355 e. The lowest BCUT2D eigenvalue weighted by Crippen LogP contribution is -2.49. The smallest absolute Gasteiger partial charge is 0.191 e. The predicted octanol–water partition coefficient (Wildman–Crippen LogP) is 3.54. The van der Waals surface area contributed by atoms with Crippen LogP contribution in [0.5, 0.6) is 0 Å². The SMILES string of the molecule is CN=C(NCC1(Sc2ccccc2)CC1)NC1CCN(Cc2ccccn2)CC1. The Balaban J connectivity index is 1.20. The van der Waals surface area contributed by atoms with E-state index in [4.69, 9.17) is 0 Å². The Morgan fingerprint density at radius 1 is 1.14 bits per heavy atom. The number of hydrogen-bond donors (Lipinski definition) is 2. The van der Waals surface area contributed by atoms with E-state index >= 15 is 0 Å². The first-order valence-corrected chi connectivity index (χ1v) is 11.4. The van der Waals surface area contributed by atoms with E-state index in [9.17, 15) is 0 Å². The van der Waals surface area contributed by atoms with Gasteiger partial charge in [-0.25, -0.2) is 0 Å². The summed E-state index contributed by atoms with van der Waals surface area (Å²) in [6.45, 7) is 4.10. The molecule has 2 fully saturated rings. The van der Waals surface area contributed by atoms with Crippen LogP contribution < -0.4 is 10.6 Å². The molecular formula is C23H31N5S. The van der Waals surface area contributed by atoms with Gasteiger partial charge in [0.2, 0.25) is 0 Å². The van der Waals surface area contributed by atoms with Crippen LogP contribution in [0.15, 0.2) is 64.6 Å². The van der Waals surface area contributed by atoms with E-state index < -0.39 is 0 Å². The summed E-state index contributed by atoms with van der Waals surface area (Å²) in [5.74, 6) is 0.938. The molecule has 5 nitrogen and oxygen atoms in total. The van der Waals surface area contributed by atoms with Crippen molar-refractivity contribution in [2.45, 2.75) is 47.9 Å². The van der Waals surface area contributed by atoms with Crippen LogP contribution in [-0.2, 0) is 6.54 Å². The first-order chi connectivity index (χ1) is 14.2. The molecule has 1 aromatic heterocycles. The number of thioether (sulfide) groups is 1. The lowest BCUT2D eigenvalue weighted by molar-refractivity contribution is 0.196. The van der Waals surface area contributed by atoms with E-state index in [0.717, 1.165) is 50.7 Å². The quantitative estimate of drug-likeness (QED) is 0.541. The Labute approximate surface area is 178 Å². The van der Waals surface area contributed by atoms with Crippen LogP contribution in [0.2, 0.25) is 0 Å². The van der Waals surface area contributed by atoms with Crippen LogP contribution in [0.1, 0.15) is 31.4 Å². The lowest BCUT2D eigenvalue weighted by Gasteiger charge is -2.33. The number of guanidine groups is 1. The molecule has 2 heterocycles. The zero-order chi connectivity index (χ0) is 19.9. The number of likely N-dealkylation sites (tertiary alicyclic amines) is 1. The highest BCUT2D eigenvalue weighted by Gasteiger charge is 2.43. The molecule has 6 heteroatoms. The molecule has 1 aliphatic heterocycles. The van der Waals surface area contributed by atoms with Crippen LogP contribution in [0.4, 0.5) is 0 Å². The molecule has 1 aliphatic carbocycles. The monoisotopic (exact) mass is 409 g/mol. The molecule has 2 aromatic rings. The van der Waals surface area contributed by atoms with Crippen LogP contribution >= 0.6 is 11.8 Å². The summed E-state index contributed by atoms with van der Waals surface area (Å²) in [4.78, 5) is 12.8. The topological polar surface area (TPSA) is 52.6 Å². The molecule has 1 saturated heterocycles. The Hall–Kier alpha value is -2.05. The van der Waals surface area contributed by atoms with Crippen molar-refractivity contribution in [2.75, 3.05) is 26.7 Å². The van der Waals surface area contributed by atoms with E-state index in [1.807, 2.05) is 31.1 Å². The second-order valence-corrected chi connectivity index (χ2v) is 9.58. The number of aliphatic imine (C=N–C) groups is 1. The zero-order valence-electron chi connectivity index (χ0n) is 17.2. The van der Waals surface area contributed by atoms with Gasteiger partial charge in [-0.15, -0.1) is 11.8 Å². The zero-order valence-corrected chi connectivity index (χ0v) is 18.0. The molecular weight excluding hydrogens is 378 g/mol. The van der Waals surface area contributed by atoms with Crippen LogP contribution in [0.25, 0.3) is 0 Å². The minimum absolute atomic E-state index is 0.324. The maximum atomic E-state index is 4.47. The Kier molecular flexibility index (Phi) is 6.72. The van der Waals surface area contributed by atoms with Gasteiger partial charge < -0.3 is 10.6 Å². The number of nitrogens with one attached hydrogen (secondary N) is 2. The molecule has 2 N–H and O–H groups in total. The van der Waals surface area contributed by atoms with Gasteiger partial charge in [0.1, 0.15) is 0 Å². The average Bonchev–Trinajstić information content (AvgIpc) is 3.53. The molecule has 0 spiro atoms. The number of nitrogens with zero attached hydrogens (tertiary/aromatic N) is 3. The predicted molar refractivity (Wildman–Crippen MR) is 121 cm³/mol. The fourth-order valence-corrected chi connectivity index (χ4v) is 5.03. The number of rotatable bonds is 7. The molecule has 29 heavy (non-hydrogen) atoms. The maximum absolute atomic E-state index is 4.47. The molecule has 0 atom stereocenters. The highest BCUT2D eigenvalue weighted by atomic mass is 32.2. The largest absolute Gasteiger partial charge is 0.355 e. The molecule has 0 bridgehead atoms. The van der Waals surface area contributed by atoms with Gasteiger partial charge in [0.05, 0.1) is 5.69 Å².